The number of carboxylic acids is 1. The van der Waals surface area contributed by atoms with Crippen LogP contribution in [-0.4, -0.2) is 60.8 Å². The summed E-state index contributed by atoms with van der Waals surface area (Å²) in [5.74, 6) is 0.960. The summed E-state index contributed by atoms with van der Waals surface area (Å²) >= 11 is 3.55. The van der Waals surface area contributed by atoms with E-state index in [-0.39, 0.29) is 18.4 Å². The number of rotatable bonds is 7. The minimum absolute atomic E-state index is 0.0301. The van der Waals surface area contributed by atoms with Crippen molar-refractivity contribution in [1.29, 1.82) is 0 Å². The van der Waals surface area contributed by atoms with Crippen molar-refractivity contribution in [1.82, 2.24) is 10.2 Å². The molecule has 39 heavy (non-hydrogen) atoms. The van der Waals surface area contributed by atoms with Gasteiger partial charge in [0.15, 0.2) is 0 Å². The fraction of sp³-hybridized carbons (Fsp3) is 0.414. The zero-order valence-corrected chi connectivity index (χ0v) is 24.4. The first-order chi connectivity index (χ1) is 18.5. The van der Waals surface area contributed by atoms with Gasteiger partial charge in [-0.1, -0.05) is 22.0 Å². The summed E-state index contributed by atoms with van der Waals surface area (Å²) in [6.07, 6.45) is 0.933. The van der Waals surface area contributed by atoms with Gasteiger partial charge in [-0.3, -0.25) is 4.79 Å². The number of carbonyl (C=O) groups is 2. The van der Waals surface area contributed by atoms with Gasteiger partial charge in [-0.15, -0.1) is 0 Å². The average molecular weight is 600 g/mol. The molecule has 2 aliphatic rings. The Labute approximate surface area is 237 Å². The molecule has 4 rings (SSSR count). The monoisotopic (exact) mass is 598 g/mol. The minimum Gasteiger partial charge on any atom is -0.496 e. The summed E-state index contributed by atoms with van der Waals surface area (Å²) in [6.45, 7) is 6.64. The van der Waals surface area contributed by atoms with Crippen LogP contribution in [0.15, 0.2) is 45.9 Å². The van der Waals surface area contributed by atoms with Crippen molar-refractivity contribution in [2.24, 2.45) is 10.9 Å². The standard InChI is InChI=1S/C29H33BrN3O6/c1-29(2,3)39-28(36)33-12-10-18(11-13-33)27-31-25(20-14-17(15-24(34)35)6-8-22(20)37-4)26(32-27)21-16-19(30)7-9-23(21)38-5/h6-9,14,16,18H,10-13,15H2,1-5H3,(H,34,35). The molecule has 0 unspecified atom stereocenters. The van der Waals surface area contributed by atoms with Crippen LogP contribution in [0, 0.1) is 5.92 Å². The topological polar surface area (TPSA) is 112 Å². The van der Waals surface area contributed by atoms with Crippen LogP contribution < -0.4 is 14.8 Å². The van der Waals surface area contributed by atoms with Gasteiger partial charge in [0.2, 0.25) is 0 Å². The smallest absolute Gasteiger partial charge is 0.410 e. The third-order valence-electron chi connectivity index (χ3n) is 6.48. The molecule has 9 nitrogen and oxygen atoms in total. The highest BCUT2D eigenvalue weighted by molar-refractivity contribution is 9.10. The summed E-state index contributed by atoms with van der Waals surface area (Å²) in [7, 11) is 3.17. The fourth-order valence-corrected chi connectivity index (χ4v) is 5.02. The maximum absolute atomic E-state index is 12.6. The van der Waals surface area contributed by atoms with Crippen molar-refractivity contribution in [2.45, 2.75) is 45.6 Å². The lowest BCUT2D eigenvalue weighted by Gasteiger charge is -2.33. The predicted molar refractivity (Wildman–Crippen MR) is 152 cm³/mol. The van der Waals surface area contributed by atoms with Crippen molar-refractivity contribution < 1.29 is 28.9 Å². The third-order valence-corrected chi connectivity index (χ3v) is 6.97. The van der Waals surface area contributed by atoms with Gasteiger partial charge >= 0.3 is 12.1 Å². The molecule has 1 N–H and O–H groups in total. The Balaban J connectivity index is 1.70. The lowest BCUT2D eigenvalue weighted by molar-refractivity contribution is -0.136. The van der Waals surface area contributed by atoms with E-state index in [2.05, 4.69) is 15.9 Å². The number of aliphatic carboxylic acids is 1. The summed E-state index contributed by atoms with van der Waals surface area (Å²) in [5, 5.41) is 14.4. The molecule has 10 heteroatoms. The van der Waals surface area contributed by atoms with Crippen molar-refractivity contribution >= 4 is 45.2 Å². The van der Waals surface area contributed by atoms with E-state index in [1.807, 2.05) is 39.0 Å². The highest BCUT2D eigenvalue weighted by atomic mass is 79.9. The van der Waals surface area contributed by atoms with Crippen molar-refractivity contribution in [3.63, 3.8) is 0 Å². The molecule has 0 atom stereocenters. The molecule has 0 aromatic heterocycles. The van der Waals surface area contributed by atoms with Gasteiger partial charge in [0.05, 0.1) is 20.6 Å². The van der Waals surface area contributed by atoms with Crippen LogP contribution in [0.2, 0.25) is 0 Å². The number of hydrogen-bond donors (Lipinski definition) is 1. The van der Waals surface area contributed by atoms with E-state index in [0.29, 0.717) is 65.8 Å². The van der Waals surface area contributed by atoms with Crippen LogP contribution in [0.1, 0.15) is 50.3 Å². The molecule has 0 aliphatic carbocycles. The second-order valence-electron chi connectivity index (χ2n) is 10.5. The number of hydrogen-bond acceptors (Lipinski definition) is 6. The molecule has 1 amide bonds. The van der Waals surface area contributed by atoms with Gasteiger partial charge in [-0.05, 0) is 69.5 Å². The molecule has 0 saturated carbocycles. The van der Waals surface area contributed by atoms with Crippen LogP contribution in [-0.2, 0) is 16.0 Å². The van der Waals surface area contributed by atoms with Crippen LogP contribution in [0.25, 0.3) is 11.4 Å². The van der Waals surface area contributed by atoms with Crippen LogP contribution >= 0.6 is 15.9 Å². The summed E-state index contributed by atoms with van der Waals surface area (Å²) < 4.78 is 17.7. The zero-order chi connectivity index (χ0) is 28.3. The number of benzene rings is 2. The van der Waals surface area contributed by atoms with E-state index >= 15 is 0 Å². The molecule has 1 saturated heterocycles. The number of methoxy groups -OCH3 is 2. The first-order valence-electron chi connectivity index (χ1n) is 12.7. The molecule has 2 aromatic carbocycles. The van der Waals surface area contributed by atoms with E-state index < -0.39 is 11.6 Å². The molecule has 0 spiro atoms. The first-order valence-corrected chi connectivity index (χ1v) is 13.5. The number of piperidine rings is 1. The molecule has 0 bridgehead atoms. The first kappa shape index (κ1) is 28.5. The highest BCUT2D eigenvalue weighted by Crippen LogP contribution is 2.41. The maximum atomic E-state index is 12.6. The number of aliphatic imine (C=N–C) groups is 1. The second-order valence-corrected chi connectivity index (χ2v) is 11.4. The molecule has 2 heterocycles. The Morgan fingerprint density at radius 3 is 2.21 bits per heavy atom. The Morgan fingerprint density at radius 1 is 1.00 bits per heavy atom. The van der Waals surface area contributed by atoms with E-state index in [4.69, 9.17) is 24.5 Å². The SMILES string of the molecule is COc1ccc(Br)cc1C1=C(c2cc(CC(=O)O)ccc2OC)N=C(C2CCN(C(=O)OC(C)(C)C)CC2)[N]1. The van der Waals surface area contributed by atoms with Gasteiger partial charge in [0, 0.05) is 34.6 Å². The lowest BCUT2D eigenvalue weighted by Crippen LogP contribution is -2.43. The molecule has 207 valence electrons. The predicted octanol–water partition coefficient (Wildman–Crippen LogP) is 5.58. The van der Waals surface area contributed by atoms with E-state index in [0.717, 1.165) is 10.0 Å². The van der Waals surface area contributed by atoms with Gasteiger partial charge in [0.1, 0.15) is 34.3 Å². The highest BCUT2D eigenvalue weighted by Gasteiger charge is 2.34. The largest absolute Gasteiger partial charge is 0.496 e. The van der Waals surface area contributed by atoms with Crippen LogP contribution in [0.5, 0.6) is 11.5 Å². The van der Waals surface area contributed by atoms with Crippen LogP contribution in [0.4, 0.5) is 4.79 Å². The van der Waals surface area contributed by atoms with E-state index in [1.54, 1.807) is 37.3 Å². The Hall–Kier alpha value is -3.53. The molecular weight excluding hydrogens is 566 g/mol. The number of amides is 1. The number of halogens is 1. The van der Waals surface area contributed by atoms with Crippen molar-refractivity contribution in [3.05, 3.63) is 57.6 Å². The quantitative estimate of drug-likeness (QED) is 0.445. The Bertz CT molecular complexity index is 1320. The number of ether oxygens (including phenoxy) is 3. The normalized spacial score (nSPS) is 16.1. The van der Waals surface area contributed by atoms with Gasteiger partial charge in [-0.25, -0.2) is 15.1 Å². The van der Waals surface area contributed by atoms with Gasteiger partial charge in [0.25, 0.3) is 0 Å². The summed E-state index contributed by atoms with van der Waals surface area (Å²) in [4.78, 5) is 30.7. The van der Waals surface area contributed by atoms with Crippen molar-refractivity contribution in [2.75, 3.05) is 27.3 Å². The number of carbonyl (C=O) groups excluding carboxylic acids is 1. The number of amidine groups is 1. The number of likely N-dealkylation sites (tertiary alicyclic amines) is 1. The number of carboxylic acid groups (broad SMARTS) is 1. The van der Waals surface area contributed by atoms with Gasteiger partial charge < -0.3 is 24.2 Å². The Kier molecular flexibility index (Phi) is 8.54. The zero-order valence-electron chi connectivity index (χ0n) is 22.8. The lowest BCUT2D eigenvalue weighted by atomic mass is 9.95. The fourth-order valence-electron chi connectivity index (χ4n) is 4.65. The molecule has 2 aliphatic heterocycles. The second kappa shape index (κ2) is 11.7. The minimum atomic E-state index is -0.925. The van der Waals surface area contributed by atoms with Crippen LogP contribution in [0.3, 0.4) is 0 Å². The Morgan fingerprint density at radius 2 is 1.62 bits per heavy atom. The molecule has 1 radical (unpaired) electrons. The molecule has 2 aromatic rings. The number of nitrogens with zero attached hydrogens (tertiary/aromatic N) is 3. The molecule has 1 fully saturated rings. The molecular formula is C29H33BrN3O6. The maximum Gasteiger partial charge on any atom is 0.410 e. The average Bonchev–Trinajstić information content (AvgIpc) is 3.32. The summed E-state index contributed by atoms with van der Waals surface area (Å²) in [6, 6.07) is 11.0. The third kappa shape index (κ3) is 6.73. The van der Waals surface area contributed by atoms with Crippen molar-refractivity contribution in [3.8, 4) is 11.5 Å². The van der Waals surface area contributed by atoms with E-state index in [9.17, 15) is 14.7 Å². The van der Waals surface area contributed by atoms with Gasteiger partial charge in [-0.2, -0.15) is 0 Å². The summed E-state index contributed by atoms with van der Waals surface area (Å²) in [5.41, 5.74) is 2.67. The van der Waals surface area contributed by atoms with E-state index in [1.165, 1.54) is 0 Å².